The van der Waals surface area contributed by atoms with Crippen LogP contribution < -0.4 is 5.32 Å². The summed E-state index contributed by atoms with van der Waals surface area (Å²) in [5.41, 5.74) is 0. The summed E-state index contributed by atoms with van der Waals surface area (Å²) in [7, 11) is 0. The minimum absolute atomic E-state index is 0.898. The van der Waals surface area contributed by atoms with Gasteiger partial charge in [0.15, 0.2) is 0 Å². The summed E-state index contributed by atoms with van der Waals surface area (Å²) < 4.78 is 0. The van der Waals surface area contributed by atoms with Crippen molar-refractivity contribution in [1.29, 1.82) is 0 Å². The summed E-state index contributed by atoms with van der Waals surface area (Å²) in [5, 5.41) is 3.83. The smallest absolute Gasteiger partial charge is 0.0101 e. The van der Waals surface area contributed by atoms with Gasteiger partial charge in [-0.1, -0.05) is 19.8 Å². The fourth-order valence-electron chi connectivity index (χ4n) is 2.95. The van der Waals surface area contributed by atoms with E-state index in [1.807, 2.05) is 0 Å². The van der Waals surface area contributed by atoms with E-state index >= 15 is 0 Å². The first-order valence-electron chi connectivity index (χ1n) is 5.60. The van der Waals surface area contributed by atoms with Crippen molar-refractivity contribution in [2.75, 3.05) is 0 Å². The van der Waals surface area contributed by atoms with Gasteiger partial charge in [-0.2, -0.15) is 0 Å². The molecular formula is C11H19N. The lowest BCUT2D eigenvalue weighted by molar-refractivity contribution is 0.347. The van der Waals surface area contributed by atoms with Gasteiger partial charge in [0.05, 0.1) is 0 Å². The predicted molar refractivity (Wildman–Crippen MR) is 49.9 cm³/mol. The largest absolute Gasteiger partial charge is 0.311 e. The topological polar surface area (TPSA) is 12.0 Å². The Morgan fingerprint density at radius 2 is 1.92 bits per heavy atom. The van der Waals surface area contributed by atoms with Crippen LogP contribution in [0.15, 0.2) is 0 Å². The second-order valence-corrected chi connectivity index (χ2v) is 5.18. The van der Waals surface area contributed by atoms with Crippen molar-refractivity contribution in [2.24, 2.45) is 17.8 Å². The third kappa shape index (κ3) is 1.19. The maximum atomic E-state index is 3.83. The molecule has 68 valence electrons. The van der Waals surface area contributed by atoms with E-state index in [2.05, 4.69) is 12.2 Å². The van der Waals surface area contributed by atoms with E-state index in [0.717, 1.165) is 29.8 Å². The van der Waals surface area contributed by atoms with Crippen molar-refractivity contribution in [2.45, 2.75) is 51.1 Å². The number of hydrogen-bond donors (Lipinski definition) is 1. The molecule has 3 fully saturated rings. The van der Waals surface area contributed by atoms with E-state index in [1.165, 1.54) is 25.7 Å². The molecule has 0 spiro atoms. The fourth-order valence-corrected chi connectivity index (χ4v) is 2.95. The zero-order chi connectivity index (χ0) is 8.13. The molecule has 3 aliphatic carbocycles. The number of hydrogen-bond acceptors (Lipinski definition) is 1. The van der Waals surface area contributed by atoms with Crippen molar-refractivity contribution >= 4 is 0 Å². The van der Waals surface area contributed by atoms with Gasteiger partial charge in [0, 0.05) is 12.1 Å². The lowest BCUT2D eigenvalue weighted by atomic mass is 9.95. The molecular weight excluding hydrogens is 146 g/mol. The third-order valence-corrected chi connectivity index (χ3v) is 4.12. The van der Waals surface area contributed by atoms with E-state index in [9.17, 15) is 0 Å². The van der Waals surface area contributed by atoms with Crippen LogP contribution in [0.3, 0.4) is 0 Å². The van der Waals surface area contributed by atoms with Gasteiger partial charge >= 0.3 is 0 Å². The van der Waals surface area contributed by atoms with Gasteiger partial charge in [0.1, 0.15) is 0 Å². The second kappa shape index (κ2) is 2.47. The van der Waals surface area contributed by atoms with Gasteiger partial charge in [0.2, 0.25) is 0 Å². The van der Waals surface area contributed by atoms with Gasteiger partial charge in [0.25, 0.3) is 0 Å². The average Bonchev–Trinajstić information content (AvgIpc) is 2.89. The van der Waals surface area contributed by atoms with Crippen molar-refractivity contribution in [3.63, 3.8) is 0 Å². The van der Waals surface area contributed by atoms with Gasteiger partial charge in [-0.15, -0.1) is 0 Å². The van der Waals surface area contributed by atoms with Crippen molar-refractivity contribution in [3.05, 3.63) is 0 Å². The zero-order valence-corrected chi connectivity index (χ0v) is 7.92. The van der Waals surface area contributed by atoms with Gasteiger partial charge in [-0.25, -0.2) is 0 Å². The van der Waals surface area contributed by atoms with Crippen LogP contribution in [0.4, 0.5) is 0 Å². The maximum absolute atomic E-state index is 3.83. The Labute approximate surface area is 74.9 Å². The molecule has 3 saturated carbocycles. The SMILES string of the molecule is CC1CC1NC1CCC[C@@H]2C[C@H]12. The normalized spacial score (nSPS) is 56.2. The molecule has 0 bridgehead atoms. The van der Waals surface area contributed by atoms with E-state index in [1.54, 1.807) is 6.42 Å². The molecule has 0 saturated heterocycles. The van der Waals surface area contributed by atoms with Crippen LogP contribution in [0, 0.1) is 17.8 Å². The highest BCUT2D eigenvalue weighted by Crippen LogP contribution is 2.50. The van der Waals surface area contributed by atoms with E-state index in [0.29, 0.717) is 0 Å². The molecule has 0 aromatic carbocycles. The molecule has 0 aromatic rings. The molecule has 0 radical (unpaired) electrons. The average molecular weight is 165 g/mol. The summed E-state index contributed by atoms with van der Waals surface area (Å²) in [6.45, 7) is 2.37. The zero-order valence-electron chi connectivity index (χ0n) is 7.92. The molecule has 12 heavy (non-hydrogen) atoms. The monoisotopic (exact) mass is 165 g/mol. The first-order valence-corrected chi connectivity index (χ1v) is 5.60. The predicted octanol–water partition coefficient (Wildman–Crippen LogP) is 2.17. The van der Waals surface area contributed by atoms with Crippen LogP contribution in [0.5, 0.6) is 0 Å². The number of nitrogens with one attached hydrogen (secondary N) is 1. The summed E-state index contributed by atoms with van der Waals surface area (Å²) >= 11 is 0. The molecule has 0 aliphatic heterocycles. The Morgan fingerprint density at radius 1 is 1.08 bits per heavy atom. The molecule has 3 rings (SSSR count). The van der Waals surface area contributed by atoms with Crippen molar-refractivity contribution < 1.29 is 0 Å². The van der Waals surface area contributed by atoms with E-state index in [-0.39, 0.29) is 0 Å². The standard InChI is InChI=1S/C11H19N/c1-7-5-11(7)12-10-4-2-3-8-6-9(8)10/h7-12H,2-6H2,1H3/t7?,8-,9+,10?,11?/m1/s1. The third-order valence-electron chi connectivity index (χ3n) is 4.12. The van der Waals surface area contributed by atoms with Gasteiger partial charge < -0.3 is 5.32 Å². The van der Waals surface area contributed by atoms with E-state index < -0.39 is 0 Å². The molecule has 0 amide bonds. The van der Waals surface area contributed by atoms with Crippen LogP contribution in [-0.2, 0) is 0 Å². The highest BCUT2D eigenvalue weighted by molar-refractivity contribution is 5.02. The van der Waals surface area contributed by atoms with Crippen LogP contribution in [0.2, 0.25) is 0 Å². The highest BCUT2D eigenvalue weighted by atomic mass is 15.0. The molecule has 0 heterocycles. The Kier molecular flexibility index (Phi) is 1.52. The molecule has 1 N–H and O–H groups in total. The van der Waals surface area contributed by atoms with E-state index in [4.69, 9.17) is 0 Å². The van der Waals surface area contributed by atoms with Crippen LogP contribution in [0.25, 0.3) is 0 Å². The Balaban J connectivity index is 1.55. The fraction of sp³-hybridized carbons (Fsp3) is 1.00. The molecule has 0 aromatic heterocycles. The number of fused-ring (bicyclic) bond motifs is 1. The van der Waals surface area contributed by atoms with Crippen molar-refractivity contribution in [1.82, 2.24) is 5.32 Å². The van der Waals surface area contributed by atoms with Crippen molar-refractivity contribution in [3.8, 4) is 0 Å². The second-order valence-electron chi connectivity index (χ2n) is 5.18. The summed E-state index contributed by atoms with van der Waals surface area (Å²) in [4.78, 5) is 0. The Hall–Kier alpha value is -0.0400. The molecule has 3 unspecified atom stereocenters. The summed E-state index contributed by atoms with van der Waals surface area (Å²) in [6.07, 6.45) is 7.46. The Bertz CT molecular complexity index is 189. The van der Waals surface area contributed by atoms with Crippen LogP contribution >= 0.6 is 0 Å². The molecule has 5 atom stereocenters. The summed E-state index contributed by atoms with van der Waals surface area (Å²) in [6, 6.07) is 1.81. The highest BCUT2D eigenvalue weighted by Gasteiger charge is 2.47. The first kappa shape index (κ1) is 7.37. The quantitative estimate of drug-likeness (QED) is 0.661. The van der Waals surface area contributed by atoms with Crippen LogP contribution in [0.1, 0.15) is 39.0 Å². The van der Waals surface area contributed by atoms with Gasteiger partial charge in [-0.3, -0.25) is 0 Å². The van der Waals surface area contributed by atoms with Crippen LogP contribution in [-0.4, -0.2) is 12.1 Å². The minimum atomic E-state index is 0.898. The lowest BCUT2D eigenvalue weighted by Gasteiger charge is -2.22. The summed E-state index contributed by atoms with van der Waals surface area (Å²) in [5.74, 6) is 3.20. The first-order chi connectivity index (χ1) is 5.84. The maximum Gasteiger partial charge on any atom is 0.0101 e. The molecule has 3 aliphatic rings. The molecule has 1 nitrogen and oxygen atoms in total. The molecule has 1 heteroatoms. The minimum Gasteiger partial charge on any atom is -0.311 e. The van der Waals surface area contributed by atoms with Gasteiger partial charge in [-0.05, 0) is 37.0 Å². The number of rotatable bonds is 2. The Morgan fingerprint density at radius 3 is 2.67 bits per heavy atom. The lowest BCUT2D eigenvalue weighted by Crippen LogP contribution is -2.35.